The van der Waals surface area contributed by atoms with Crippen LogP contribution in [0.1, 0.15) is 24.2 Å². The van der Waals surface area contributed by atoms with Gasteiger partial charge in [-0.3, -0.25) is 0 Å². The Morgan fingerprint density at radius 2 is 2.36 bits per heavy atom. The monoisotopic (exact) mass is 146 g/mol. The summed E-state index contributed by atoms with van der Waals surface area (Å²) in [5.41, 5.74) is 4.12. The summed E-state index contributed by atoms with van der Waals surface area (Å²) in [6.07, 6.45) is 2.07. The highest BCUT2D eigenvalue weighted by Gasteiger charge is 2.31. The predicted molar refractivity (Wildman–Crippen MR) is 44.8 cm³/mol. The Balaban J connectivity index is 2.47. The van der Waals surface area contributed by atoms with Gasteiger partial charge in [0, 0.05) is 17.3 Å². The van der Waals surface area contributed by atoms with Gasteiger partial charge in [0.15, 0.2) is 0 Å². The average Bonchev–Trinajstić information content (AvgIpc) is 2.44. The van der Waals surface area contributed by atoms with Gasteiger partial charge in [-0.15, -0.1) is 0 Å². The van der Waals surface area contributed by atoms with E-state index in [0.717, 1.165) is 0 Å². The van der Waals surface area contributed by atoms with Gasteiger partial charge in [-0.2, -0.15) is 0 Å². The molecule has 0 saturated heterocycles. The lowest BCUT2D eigenvalue weighted by molar-refractivity contribution is 0.930. The maximum absolute atomic E-state index is 3.28. The molecule has 0 spiro atoms. The van der Waals surface area contributed by atoms with Crippen LogP contribution in [0.15, 0.2) is 12.3 Å². The van der Waals surface area contributed by atoms with Gasteiger partial charge in [-0.1, -0.05) is 0 Å². The van der Waals surface area contributed by atoms with Crippen molar-refractivity contribution in [3.8, 4) is 0 Å². The molecule has 3 heterocycles. The lowest BCUT2D eigenvalue weighted by Gasteiger charge is -1.86. The van der Waals surface area contributed by atoms with Crippen LogP contribution in [-0.4, -0.2) is 9.55 Å². The molecule has 2 aromatic heterocycles. The Labute approximate surface area is 64.8 Å². The topological polar surface area (TPSA) is 20.7 Å². The molecule has 1 atom stereocenters. The molecule has 1 aliphatic rings. The highest BCUT2D eigenvalue weighted by molar-refractivity contribution is 5.85. The Bertz CT molecular complexity index is 434. The third kappa shape index (κ3) is 0.461. The minimum Gasteiger partial charge on any atom is -0.347 e. The van der Waals surface area contributed by atoms with Crippen molar-refractivity contribution in [3.05, 3.63) is 23.5 Å². The molecule has 2 nitrogen and oxygen atoms in total. The van der Waals surface area contributed by atoms with Crippen LogP contribution in [0.2, 0.25) is 0 Å². The molecule has 1 aliphatic heterocycles. The van der Waals surface area contributed by atoms with Crippen molar-refractivity contribution in [2.45, 2.75) is 19.9 Å². The van der Waals surface area contributed by atoms with Crippen molar-refractivity contribution in [1.82, 2.24) is 9.55 Å². The van der Waals surface area contributed by atoms with E-state index in [1.807, 2.05) is 0 Å². The number of rotatable bonds is 0. The number of aryl methyl sites for hydroxylation is 1. The quantitative estimate of drug-likeness (QED) is 0.588. The van der Waals surface area contributed by atoms with Crippen molar-refractivity contribution in [2.24, 2.45) is 0 Å². The Morgan fingerprint density at radius 1 is 1.55 bits per heavy atom. The van der Waals surface area contributed by atoms with Crippen LogP contribution < -0.4 is 0 Å². The Kier molecular flexibility index (Phi) is 0.682. The highest BCUT2D eigenvalue weighted by atomic mass is 15.2. The summed E-state index contributed by atoms with van der Waals surface area (Å²) in [6.45, 7) is 4.37. The molecule has 0 amide bonds. The largest absolute Gasteiger partial charge is 0.347 e. The summed E-state index contributed by atoms with van der Waals surface area (Å²) in [5.74, 6) is 0. The van der Waals surface area contributed by atoms with Crippen molar-refractivity contribution in [3.63, 3.8) is 0 Å². The van der Waals surface area contributed by atoms with E-state index in [0.29, 0.717) is 6.04 Å². The van der Waals surface area contributed by atoms with Gasteiger partial charge >= 0.3 is 0 Å². The summed E-state index contributed by atoms with van der Waals surface area (Å²) in [5, 5.41) is 1.39. The molecule has 56 valence electrons. The second-order valence-corrected chi connectivity index (χ2v) is 3.35. The van der Waals surface area contributed by atoms with Gasteiger partial charge in [0.25, 0.3) is 0 Å². The van der Waals surface area contributed by atoms with Crippen molar-refractivity contribution >= 4 is 11.0 Å². The zero-order chi connectivity index (χ0) is 7.59. The van der Waals surface area contributed by atoms with Crippen molar-refractivity contribution in [1.29, 1.82) is 0 Å². The molecule has 0 aromatic carbocycles. The standard InChI is InChI=1S/C9H10N2/c1-5-4-10-9-7(5)3-8-6(2)11(8)9/h3-4,6,10H,1-2H3/t6-,11?/m1/s1. The van der Waals surface area contributed by atoms with Crippen LogP contribution in [-0.2, 0) is 0 Å². The van der Waals surface area contributed by atoms with E-state index in [2.05, 4.69) is 35.7 Å². The first kappa shape index (κ1) is 5.47. The second-order valence-electron chi connectivity index (χ2n) is 3.35. The van der Waals surface area contributed by atoms with E-state index in [1.165, 1.54) is 22.3 Å². The van der Waals surface area contributed by atoms with Crippen LogP contribution in [0.25, 0.3) is 11.0 Å². The Hall–Kier alpha value is -1.18. The van der Waals surface area contributed by atoms with Crippen molar-refractivity contribution in [2.75, 3.05) is 0 Å². The molecule has 11 heavy (non-hydrogen) atoms. The zero-order valence-corrected chi connectivity index (χ0v) is 6.68. The molecular weight excluding hydrogens is 136 g/mol. The minimum atomic E-state index is 0.653. The molecule has 1 N–H and O–H groups in total. The van der Waals surface area contributed by atoms with E-state index in [4.69, 9.17) is 0 Å². The van der Waals surface area contributed by atoms with Crippen molar-refractivity contribution < 1.29 is 0 Å². The second kappa shape index (κ2) is 1.37. The molecule has 0 unspecified atom stereocenters. The van der Waals surface area contributed by atoms with Crippen LogP contribution >= 0.6 is 0 Å². The number of nitrogens with zero attached hydrogens (tertiary/aromatic N) is 1. The lowest BCUT2D eigenvalue weighted by atomic mass is 10.2. The summed E-state index contributed by atoms with van der Waals surface area (Å²) in [7, 11) is 0. The number of nitrogens with one attached hydrogen (secondary N) is 1. The normalized spacial score (nSPS) is 20.7. The highest BCUT2D eigenvalue weighted by Crippen LogP contribution is 2.41. The third-order valence-corrected chi connectivity index (χ3v) is 2.66. The smallest absolute Gasteiger partial charge is 0.118 e. The first-order valence-electron chi connectivity index (χ1n) is 3.98. The molecule has 0 fully saturated rings. The first-order valence-corrected chi connectivity index (χ1v) is 3.98. The summed E-state index contributed by atoms with van der Waals surface area (Å²) in [4.78, 5) is 3.28. The number of aromatic amines is 1. The minimum absolute atomic E-state index is 0.653. The molecular formula is C9H10N2. The molecule has 0 aliphatic carbocycles. The third-order valence-electron chi connectivity index (χ3n) is 2.66. The van der Waals surface area contributed by atoms with Gasteiger partial charge in [-0.05, 0) is 25.5 Å². The number of aromatic nitrogens is 2. The number of fused-ring (bicyclic) bond motifs is 3. The first-order chi connectivity index (χ1) is 5.29. The molecule has 0 saturated carbocycles. The average molecular weight is 146 g/mol. The molecule has 3 rings (SSSR count). The van der Waals surface area contributed by atoms with E-state index in [-0.39, 0.29) is 0 Å². The Morgan fingerprint density at radius 3 is 3.18 bits per heavy atom. The van der Waals surface area contributed by atoms with E-state index in [9.17, 15) is 0 Å². The molecule has 0 bridgehead atoms. The number of hydrogen-bond donors (Lipinski definition) is 1. The zero-order valence-electron chi connectivity index (χ0n) is 6.68. The number of H-pyrrole nitrogens is 1. The van der Waals surface area contributed by atoms with E-state index < -0.39 is 0 Å². The maximum atomic E-state index is 3.28. The maximum Gasteiger partial charge on any atom is 0.118 e. The van der Waals surface area contributed by atoms with Gasteiger partial charge in [0.1, 0.15) is 5.65 Å². The van der Waals surface area contributed by atoms with Crippen LogP contribution in [0.4, 0.5) is 0 Å². The van der Waals surface area contributed by atoms with Gasteiger partial charge in [0.05, 0.1) is 6.04 Å². The van der Waals surface area contributed by atoms with Gasteiger partial charge in [0.2, 0.25) is 0 Å². The predicted octanol–water partition coefficient (Wildman–Crippen LogP) is 2.20. The molecule has 2 heteroatoms. The SMILES string of the molecule is Cc1c[nH]c2c1cc1n2[C@@H]1C. The summed E-state index contributed by atoms with van der Waals surface area (Å²) >= 11 is 0. The van der Waals surface area contributed by atoms with E-state index >= 15 is 0 Å². The lowest BCUT2D eigenvalue weighted by Crippen LogP contribution is -1.75. The summed E-state index contributed by atoms with van der Waals surface area (Å²) < 4.78 is 2.34. The molecule has 2 aromatic rings. The molecule has 0 radical (unpaired) electrons. The van der Waals surface area contributed by atoms with Gasteiger partial charge in [-0.25, -0.2) is 0 Å². The fraction of sp³-hybridized carbons (Fsp3) is 0.333. The van der Waals surface area contributed by atoms with Crippen LogP contribution in [0, 0.1) is 6.92 Å². The van der Waals surface area contributed by atoms with Crippen LogP contribution in [0.5, 0.6) is 0 Å². The van der Waals surface area contributed by atoms with Gasteiger partial charge < -0.3 is 9.55 Å². The van der Waals surface area contributed by atoms with Crippen LogP contribution in [0.3, 0.4) is 0 Å². The van der Waals surface area contributed by atoms with E-state index in [1.54, 1.807) is 0 Å². The fourth-order valence-corrected chi connectivity index (χ4v) is 1.88. The fourth-order valence-electron chi connectivity index (χ4n) is 1.88. The number of hydrogen-bond acceptors (Lipinski definition) is 0. The summed E-state index contributed by atoms with van der Waals surface area (Å²) in [6, 6.07) is 2.94.